The van der Waals surface area contributed by atoms with Gasteiger partial charge in [0.2, 0.25) is 0 Å². The van der Waals surface area contributed by atoms with Gasteiger partial charge in [0.05, 0.1) is 23.8 Å². The first-order valence-corrected chi connectivity index (χ1v) is 7.10. The third kappa shape index (κ3) is 2.42. The number of nitrogens with zero attached hydrogens (tertiary/aromatic N) is 2. The topological polar surface area (TPSA) is 56.3 Å². The second kappa shape index (κ2) is 5.33. The largest absolute Gasteiger partial charge is 0.354 e. The van der Waals surface area contributed by atoms with Gasteiger partial charge in [0, 0.05) is 21.8 Å². The van der Waals surface area contributed by atoms with Crippen molar-refractivity contribution >= 4 is 34.2 Å². The van der Waals surface area contributed by atoms with Crippen LogP contribution in [-0.4, -0.2) is 22.4 Å². The maximum absolute atomic E-state index is 4.10. The molecular formula is C18H14N4. The summed E-state index contributed by atoms with van der Waals surface area (Å²) in [5.41, 5.74) is 4.08. The van der Waals surface area contributed by atoms with Crippen molar-refractivity contribution in [2.24, 2.45) is 10.2 Å². The van der Waals surface area contributed by atoms with Crippen LogP contribution in [0.1, 0.15) is 11.4 Å². The van der Waals surface area contributed by atoms with E-state index in [0.717, 1.165) is 22.4 Å². The van der Waals surface area contributed by atoms with Crippen molar-refractivity contribution in [3.63, 3.8) is 0 Å². The lowest BCUT2D eigenvalue weighted by Crippen LogP contribution is -1.80. The molecule has 4 aromatic rings. The lowest BCUT2D eigenvalue weighted by molar-refractivity contribution is 1.25. The van der Waals surface area contributed by atoms with Gasteiger partial charge in [-0.15, -0.1) is 0 Å². The maximum atomic E-state index is 4.10. The first-order chi connectivity index (χ1) is 10.9. The monoisotopic (exact) mass is 286 g/mol. The highest BCUT2D eigenvalue weighted by atomic mass is 15.2. The summed E-state index contributed by atoms with van der Waals surface area (Å²) in [6.07, 6.45) is 3.44. The second-order valence-corrected chi connectivity index (χ2v) is 5.11. The minimum atomic E-state index is 0.940. The van der Waals surface area contributed by atoms with Gasteiger partial charge in [0.25, 0.3) is 0 Å². The quantitative estimate of drug-likeness (QED) is 0.421. The van der Waals surface area contributed by atoms with Crippen molar-refractivity contribution in [2.45, 2.75) is 0 Å². The maximum Gasteiger partial charge on any atom is 0.0731 e. The first-order valence-electron chi connectivity index (χ1n) is 7.10. The minimum Gasteiger partial charge on any atom is -0.354 e. The molecule has 0 aliphatic carbocycles. The summed E-state index contributed by atoms with van der Waals surface area (Å²) in [5, 5.41) is 10.5. The summed E-state index contributed by atoms with van der Waals surface area (Å²) in [6.45, 7) is 0. The van der Waals surface area contributed by atoms with Gasteiger partial charge >= 0.3 is 0 Å². The number of aromatic nitrogens is 2. The fourth-order valence-electron chi connectivity index (χ4n) is 2.52. The number of aromatic amines is 2. The van der Waals surface area contributed by atoms with Crippen molar-refractivity contribution in [1.29, 1.82) is 0 Å². The third-order valence-corrected chi connectivity index (χ3v) is 3.56. The molecule has 0 amide bonds. The van der Waals surface area contributed by atoms with Gasteiger partial charge in [0.15, 0.2) is 0 Å². The molecule has 22 heavy (non-hydrogen) atoms. The highest BCUT2D eigenvalue weighted by molar-refractivity contribution is 5.91. The molecule has 0 saturated carbocycles. The van der Waals surface area contributed by atoms with E-state index in [1.807, 2.05) is 36.4 Å². The molecule has 0 bridgehead atoms. The SMILES string of the molecule is C(=NN=Cc1cc2ccccc2[nH]1)c1cc2ccccc2[nH]1. The van der Waals surface area contributed by atoms with E-state index in [1.54, 1.807) is 12.4 Å². The number of rotatable bonds is 3. The van der Waals surface area contributed by atoms with Gasteiger partial charge in [-0.2, -0.15) is 10.2 Å². The molecule has 0 aliphatic heterocycles. The second-order valence-electron chi connectivity index (χ2n) is 5.11. The van der Waals surface area contributed by atoms with Crippen LogP contribution in [0.25, 0.3) is 21.8 Å². The zero-order chi connectivity index (χ0) is 14.8. The molecular weight excluding hydrogens is 272 g/mol. The first kappa shape index (κ1) is 12.6. The lowest BCUT2D eigenvalue weighted by atomic mass is 10.2. The van der Waals surface area contributed by atoms with Crippen molar-refractivity contribution in [3.8, 4) is 0 Å². The van der Waals surface area contributed by atoms with Crippen molar-refractivity contribution in [3.05, 3.63) is 72.1 Å². The van der Waals surface area contributed by atoms with Gasteiger partial charge < -0.3 is 9.97 Å². The predicted octanol–water partition coefficient (Wildman–Crippen LogP) is 4.10. The zero-order valence-electron chi connectivity index (χ0n) is 11.8. The molecule has 2 aromatic heterocycles. The highest BCUT2D eigenvalue weighted by Gasteiger charge is 1.97. The molecule has 2 heterocycles. The Balaban J connectivity index is 1.53. The zero-order valence-corrected chi connectivity index (χ0v) is 11.8. The molecule has 0 saturated heterocycles. The fourth-order valence-corrected chi connectivity index (χ4v) is 2.52. The Hall–Kier alpha value is -3.14. The van der Waals surface area contributed by atoms with Crippen LogP contribution in [0.15, 0.2) is 70.9 Å². The van der Waals surface area contributed by atoms with Crippen LogP contribution in [0, 0.1) is 0 Å². The molecule has 0 atom stereocenters. The Bertz CT molecular complexity index is 840. The van der Waals surface area contributed by atoms with Crippen LogP contribution >= 0.6 is 0 Å². The number of benzene rings is 2. The number of nitrogens with one attached hydrogen (secondary N) is 2. The van der Waals surface area contributed by atoms with Crippen LogP contribution < -0.4 is 0 Å². The molecule has 0 spiro atoms. The average molecular weight is 286 g/mol. The van der Waals surface area contributed by atoms with Crippen LogP contribution in [0.2, 0.25) is 0 Å². The van der Waals surface area contributed by atoms with Crippen molar-refractivity contribution < 1.29 is 0 Å². The van der Waals surface area contributed by atoms with E-state index in [1.165, 1.54) is 10.8 Å². The third-order valence-electron chi connectivity index (χ3n) is 3.56. The van der Waals surface area contributed by atoms with Gasteiger partial charge in [-0.05, 0) is 24.3 Å². The summed E-state index contributed by atoms with van der Waals surface area (Å²) >= 11 is 0. The van der Waals surface area contributed by atoms with Crippen molar-refractivity contribution in [1.82, 2.24) is 9.97 Å². The van der Waals surface area contributed by atoms with Gasteiger partial charge in [-0.1, -0.05) is 36.4 Å². The number of hydrogen-bond acceptors (Lipinski definition) is 2. The fraction of sp³-hybridized carbons (Fsp3) is 0. The summed E-state index contributed by atoms with van der Waals surface area (Å²) in [7, 11) is 0. The Morgan fingerprint density at radius 3 is 1.55 bits per heavy atom. The van der Waals surface area contributed by atoms with E-state index in [0.29, 0.717) is 0 Å². The van der Waals surface area contributed by atoms with Crippen molar-refractivity contribution in [2.75, 3.05) is 0 Å². The number of H-pyrrole nitrogens is 2. The molecule has 0 unspecified atom stereocenters. The highest BCUT2D eigenvalue weighted by Crippen LogP contribution is 2.14. The Morgan fingerprint density at radius 1 is 0.636 bits per heavy atom. The van der Waals surface area contributed by atoms with Gasteiger partial charge in [-0.3, -0.25) is 0 Å². The summed E-state index contributed by atoms with van der Waals surface area (Å²) in [6, 6.07) is 20.4. The normalized spacial score (nSPS) is 12.2. The predicted molar refractivity (Wildman–Crippen MR) is 91.8 cm³/mol. The molecule has 4 nitrogen and oxygen atoms in total. The van der Waals surface area contributed by atoms with E-state index >= 15 is 0 Å². The standard InChI is InChI=1S/C18H14N4/c1-3-7-17-13(5-1)9-15(21-17)11-19-20-12-16-10-14-6-2-4-8-18(14)22-16/h1-12,21-22H. The van der Waals surface area contributed by atoms with E-state index in [9.17, 15) is 0 Å². The summed E-state index contributed by atoms with van der Waals surface area (Å²) < 4.78 is 0. The summed E-state index contributed by atoms with van der Waals surface area (Å²) in [5.74, 6) is 0. The number of hydrogen-bond donors (Lipinski definition) is 2. The Kier molecular flexibility index (Phi) is 3.05. The smallest absolute Gasteiger partial charge is 0.0731 e. The Morgan fingerprint density at radius 2 is 1.09 bits per heavy atom. The van der Waals surface area contributed by atoms with Crippen LogP contribution in [0.3, 0.4) is 0 Å². The lowest BCUT2D eigenvalue weighted by Gasteiger charge is -1.85. The van der Waals surface area contributed by atoms with E-state index in [4.69, 9.17) is 0 Å². The molecule has 0 aliphatic rings. The van der Waals surface area contributed by atoms with Crippen LogP contribution in [0.4, 0.5) is 0 Å². The molecule has 2 aromatic carbocycles. The molecule has 0 radical (unpaired) electrons. The molecule has 4 heteroatoms. The van der Waals surface area contributed by atoms with E-state index in [2.05, 4.69) is 44.4 Å². The summed E-state index contributed by atoms with van der Waals surface area (Å²) in [4.78, 5) is 6.57. The molecule has 0 fully saturated rings. The average Bonchev–Trinajstić information content (AvgIpc) is 3.14. The molecule has 106 valence electrons. The van der Waals surface area contributed by atoms with E-state index in [-0.39, 0.29) is 0 Å². The van der Waals surface area contributed by atoms with Crippen LogP contribution in [-0.2, 0) is 0 Å². The number of para-hydroxylation sites is 2. The van der Waals surface area contributed by atoms with Crippen LogP contribution in [0.5, 0.6) is 0 Å². The van der Waals surface area contributed by atoms with Gasteiger partial charge in [-0.25, -0.2) is 0 Å². The molecule has 2 N–H and O–H groups in total. The molecule has 4 rings (SSSR count). The minimum absolute atomic E-state index is 0.940. The Labute approximate surface area is 127 Å². The van der Waals surface area contributed by atoms with E-state index < -0.39 is 0 Å². The number of fused-ring (bicyclic) bond motifs is 2. The van der Waals surface area contributed by atoms with Gasteiger partial charge in [0.1, 0.15) is 0 Å².